The van der Waals surface area contributed by atoms with Gasteiger partial charge in [0.15, 0.2) is 0 Å². The molecule has 1 aliphatic heterocycles. The molecule has 0 spiro atoms. The van der Waals surface area contributed by atoms with Gasteiger partial charge in [-0.15, -0.1) is 0 Å². The van der Waals surface area contributed by atoms with Gasteiger partial charge in [-0.05, 0) is 49.9 Å². The Bertz CT molecular complexity index is 328. The molecule has 0 aliphatic carbocycles. The van der Waals surface area contributed by atoms with E-state index >= 15 is 0 Å². The van der Waals surface area contributed by atoms with Gasteiger partial charge in [-0.2, -0.15) is 0 Å². The Labute approximate surface area is 90.7 Å². The molecule has 0 bridgehead atoms. The molecule has 0 amide bonds. The molecule has 1 nitrogen and oxygen atoms in total. The summed E-state index contributed by atoms with van der Waals surface area (Å²) in [6, 6.07) is 6.20. The summed E-state index contributed by atoms with van der Waals surface area (Å²) in [5.41, 5.74) is 2.10. The van der Waals surface area contributed by atoms with Crippen molar-refractivity contribution < 1.29 is 4.39 Å². The van der Waals surface area contributed by atoms with E-state index in [1.165, 1.54) is 12.8 Å². The molecule has 82 valence electrons. The van der Waals surface area contributed by atoms with Crippen molar-refractivity contribution in [1.82, 2.24) is 5.32 Å². The molecule has 15 heavy (non-hydrogen) atoms. The zero-order valence-electron chi connectivity index (χ0n) is 9.39. The van der Waals surface area contributed by atoms with E-state index < -0.39 is 0 Å². The van der Waals surface area contributed by atoms with Crippen molar-refractivity contribution in [2.45, 2.75) is 45.2 Å². The maximum absolute atomic E-state index is 13.3. The van der Waals surface area contributed by atoms with E-state index in [-0.39, 0.29) is 5.82 Å². The Morgan fingerprint density at radius 2 is 2.07 bits per heavy atom. The molecule has 2 atom stereocenters. The number of hydrogen-bond donors (Lipinski definition) is 1. The number of hydrogen-bond acceptors (Lipinski definition) is 1. The van der Waals surface area contributed by atoms with E-state index in [9.17, 15) is 4.39 Å². The molecule has 1 saturated heterocycles. The standard InChI is InChI=1S/C13H18FN/c1-9-6-11(8-12(14)7-9)13-5-3-4-10(2)15-13/h6-8,10,13,15H,3-5H2,1-2H3. The van der Waals surface area contributed by atoms with Gasteiger partial charge < -0.3 is 5.32 Å². The molecule has 1 heterocycles. The van der Waals surface area contributed by atoms with Gasteiger partial charge in [-0.3, -0.25) is 0 Å². The number of halogens is 1. The minimum Gasteiger partial charge on any atom is -0.307 e. The van der Waals surface area contributed by atoms with Crippen LogP contribution in [0.4, 0.5) is 4.39 Å². The van der Waals surface area contributed by atoms with Crippen LogP contribution in [-0.4, -0.2) is 6.04 Å². The Kier molecular flexibility index (Phi) is 3.06. The van der Waals surface area contributed by atoms with Gasteiger partial charge in [-0.25, -0.2) is 4.39 Å². The summed E-state index contributed by atoms with van der Waals surface area (Å²) in [6.45, 7) is 4.14. The smallest absolute Gasteiger partial charge is 0.123 e. The topological polar surface area (TPSA) is 12.0 Å². The van der Waals surface area contributed by atoms with E-state index in [1.807, 2.05) is 6.92 Å². The minimum absolute atomic E-state index is 0.120. The van der Waals surface area contributed by atoms with E-state index in [4.69, 9.17) is 0 Å². The lowest BCUT2D eigenvalue weighted by Crippen LogP contribution is -2.34. The Balaban J connectivity index is 2.20. The maximum atomic E-state index is 13.3. The van der Waals surface area contributed by atoms with Crippen LogP contribution in [0.15, 0.2) is 18.2 Å². The summed E-state index contributed by atoms with van der Waals surface area (Å²) in [6.07, 6.45) is 3.58. The highest BCUT2D eigenvalue weighted by atomic mass is 19.1. The first-order valence-electron chi connectivity index (χ1n) is 5.68. The van der Waals surface area contributed by atoms with Crippen LogP contribution in [0.3, 0.4) is 0 Å². The van der Waals surface area contributed by atoms with E-state index in [0.717, 1.165) is 17.5 Å². The lowest BCUT2D eigenvalue weighted by Gasteiger charge is -2.29. The first kappa shape index (κ1) is 10.6. The van der Waals surface area contributed by atoms with Gasteiger partial charge in [0.2, 0.25) is 0 Å². The lowest BCUT2D eigenvalue weighted by atomic mass is 9.93. The highest BCUT2D eigenvalue weighted by Gasteiger charge is 2.19. The summed E-state index contributed by atoms with van der Waals surface area (Å²) >= 11 is 0. The Morgan fingerprint density at radius 3 is 2.73 bits per heavy atom. The Hall–Kier alpha value is -0.890. The maximum Gasteiger partial charge on any atom is 0.123 e. The number of piperidine rings is 1. The van der Waals surface area contributed by atoms with E-state index in [0.29, 0.717) is 12.1 Å². The predicted octanol–water partition coefficient (Wildman–Crippen LogP) is 3.34. The second-order valence-electron chi connectivity index (χ2n) is 4.61. The second-order valence-corrected chi connectivity index (χ2v) is 4.61. The van der Waals surface area contributed by atoms with Crippen molar-refractivity contribution in [3.05, 3.63) is 35.1 Å². The summed E-state index contributed by atoms with van der Waals surface area (Å²) in [5, 5.41) is 3.52. The molecule has 1 aromatic rings. The minimum atomic E-state index is -0.120. The largest absolute Gasteiger partial charge is 0.307 e. The van der Waals surface area contributed by atoms with E-state index in [1.54, 1.807) is 12.1 Å². The number of aryl methyl sites for hydroxylation is 1. The zero-order chi connectivity index (χ0) is 10.8. The van der Waals surface area contributed by atoms with Gasteiger partial charge in [-0.1, -0.05) is 12.5 Å². The molecule has 2 heteroatoms. The fourth-order valence-corrected chi connectivity index (χ4v) is 2.37. The number of benzene rings is 1. The normalized spacial score (nSPS) is 26.6. The summed E-state index contributed by atoms with van der Waals surface area (Å²) < 4.78 is 13.3. The van der Waals surface area contributed by atoms with Crippen molar-refractivity contribution in [2.24, 2.45) is 0 Å². The first-order chi connectivity index (χ1) is 7.15. The predicted molar refractivity (Wildman–Crippen MR) is 60.3 cm³/mol. The van der Waals surface area contributed by atoms with Crippen molar-refractivity contribution in [2.75, 3.05) is 0 Å². The third kappa shape index (κ3) is 2.57. The quantitative estimate of drug-likeness (QED) is 0.744. The lowest BCUT2D eigenvalue weighted by molar-refractivity contribution is 0.340. The van der Waals surface area contributed by atoms with Crippen LogP contribution in [0.2, 0.25) is 0 Å². The molecule has 0 saturated carbocycles. The van der Waals surface area contributed by atoms with Crippen LogP contribution in [0.1, 0.15) is 43.4 Å². The van der Waals surface area contributed by atoms with E-state index in [2.05, 4.69) is 18.3 Å². The van der Waals surface area contributed by atoms with Crippen LogP contribution in [0.25, 0.3) is 0 Å². The van der Waals surface area contributed by atoms with Crippen molar-refractivity contribution >= 4 is 0 Å². The SMILES string of the molecule is Cc1cc(F)cc(C2CCCC(C)N2)c1. The van der Waals surface area contributed by atoms with Crippen molar-refractivity contribution in [3.63, 3.8) is 0 Å². The molecular formula is C13H18FN. The van der Waals surface area contributed by atoms with Gasteiger partial charge in [0.05, 0.1) is 0 Å². The van der Waals surface area contributed by atoms with Gasteiger partial charge in [0, 0.05) is 12.1 Å². The monoisotopic (exact) mass is 207 g/mol. The van der Waals surface area contributed by atoms with Crippen LogP contribution in [-0.2, 0) is 0 Å². The van der Waals surface area contributed by atoms with Crippen LogP contribution in [0, 0.1) is 12.7 Å². The zero-order valence-corrected chi connectivity index (χ0v) is 9.39. The van der Waals surface area contributed by atoms with Crippen LogP contribution in [0.5, 0.6) is 0 Å². The number of rotatable bonds is 1. The van der Waals surface area contributed by atoms with Crippen LogP contribution >= 0.6 is 0 Å². The summed E-state index contributed by atoms with van der Waals surface area (Å²) in [5.74, 6) is -0.120. The third-order valence-electron chi connectivity index (χ3n) is 3.08. The molecule has 2 unspecified atom stereocenters. The molecular weight excluding hydrogens is 189 g/mol. The van der Waals surface area contributed by atoms with Crippen molar-refractivity contribution in [3.8, 4) is 0 Å². The molecule has 1 aromatic carbocycles. The summed E-state index contributed by atoms with van der Waals surface area (Å²) in [4.78, 5) is 0. The first-order valence-corrected chi connectivity index (χ1v) is 5.68. The fourth-order valence-electron chi connectivity index (χ4n) is 2.37. The highest BCUT2D eigenvalue weighted by molar-refractivity contribution is 5.26. The molecule has 1 N–H and O–H groups in total. The molecule has 0 aromatic heterocycles. The summed E-state index contributed by atoms with van der Waals surface area (Å²) in [7, 11) is 0. The molecule has 0 radical (unpaired) electrons. The fraction of sp³-hybridized carbons (Fsp3) is 0.538. The second kappa shape index (κ2) is 4.31. The molecule has 1 aliphatic rings. The molecule has 1 fully saturated rings. The van der Waals surface area contributed by atoms with Gasteiger partial charge >= 0.3 is 0 Å². The van der Waals surface area contributed by atoms with Gasteiger partial charge in [0.25, 0.3) is 0 Å². The Morgan fingerprint density at radius 1 is 1.27 bits per heavy atom. The number of nitrogens with one attached hydrogen (secondary N) is 1. The molecule has 2 rings (SSSR count). The van der Waals surface area contributed by atoms with Crippen LogP contribution < -0.4 is 5.32 Å². The average molecular weight is 207 g/mol. The third-order valence-corrected chi connectivity index (χ3v) is 3.08. The highest BCUT2D eigenvalue weighted by Crippen LogP contribution is 2.26. The average Bonchev–Trinajstić information content (AvgIpc) is 2.16. The van der Waals surface area contributed by atoms with Crippen molar-refractivity contribution in [1.29, 1.82) is 0 Å². The van der Waals surface area contributed by atoms with Gasteiger partial charge in [0.1, 0.15) is 5.82 Å².